The van der Waals surface area contributed by atoms with Gasteiger partial charge in [0.1, 0.15) is 5.76 Å². The van der Waals surface area contributed by atoms with Crippen LogP contribution in [0.3, 0.4) is 0 Å². The number of hydrogen-bond acceptors (Lipinski definition) is 4. The lowest BCUT2D eigenvalue weighted by Gasteiger charge is -2.02. The number of benzene rings is 1. The van der Waals surface area contributed by atoms with E-state index in [9.17, 15) is 9.59 Å². The largest absolute Gasteiger partial charge is 0.465 e. The van der Waals surface area contributed by atoms with Crippen molar-refractivity contribution in [2.24, 2.45) is 0 Å². The van der Waals surface area contributed by atoms with Crippen molar-refractivity contribution in [3.8, 4) is 11.3 Å². The van der Waals surface area contributed by atoms with Crippen LogP contribution in [0.15, 0.2) is 41.0 Å². The third kappa shape index (κ3) is 2.10. The van der Waals surface area contributed by atoms with Crippen molar-refractivity contribution in [1.82, 2.24) is 0 Å². The van der Waals surface area contributed by atoms with Crippen LogP contribution >= 0.6 is 0 Å². The minimum Gasteiger partial charge on any atom is -0.465 e. The Hall–Kier alpha value is -2.36. The molecule has 0 radical (unpaired) electrons. The summed E-state index contributed by atoms with van der Waals surface area (Å²) < 4.78 is 9.85. The normalized spacial score (nSPS) is 9.94. The van der Waals surface area contributed by atoms with Gasteiger partial charge < -0.3 is 9.15 Å². The molecule has 0 saturated carbocycles. The lowest BCUT2D eigenvalue weighted by atomic mass is 10.1. The zero-order chi connectivity index (χ0) is 12.3. The van der Waals surface area contributed by atoms with Crippen LogP contribution in [0, 0.1) is 0 Å². The van der Waals surface area contributed by atoms with E-state index in [0.29, 0.717) is 28.7 Å². The molecule has 0 spiro atoms. The fourth-order valence-corrected chi connectivity index (χ4v) is 1.55. The lowest BCUT2D eigenvalue weighted by molar-refractivity contribution is 0.0600. The van der Waals surface area contributed by atoms with Crippen molar-refractivity contribution >= 4 is 12.3 Å². The first-order chi connectivity index (χ1) is 8.26. The zero-order valence-electron chi connectivity index (χ0n) is 9.17. The lowest BCUT2D eigenvalue weighted by Crippen LogP contribution is -2.00. The Balaban J connectivity index is 2.46. The maximum absolute atomic E-state index is 11.4. The SMILES string of the molecule is COC(=O)c1cccc(-c2occc2C=O)c1. The van der Waals surface area contributed by atoms with E-state index in [1.807, 2.05) is 0 Å². The first-order valence-corrected chi connectivity index (χ1v) is 4.97. The van der Waals surface area contributed by atoms with Crippen molar-refractivity contribution in [2.75, 3.05) is 7.11 Å². The highest BCUT2D eigenvalue weighted by Gasteiger charge is 2.11. The highest BCUT2D eigenvalue weighted by atomic mass is 16.5. The molecular weight excluding hydrogens is 220 g/mol. The standard InChI is InChI=1S/C13H10O4/c1-16-13(15)10-4-2-3-9(7-10)12-11(8-14)5-6-17-12/h2-8H,1H3. The maximum Gasteiger partial charge on any atom is 0.337 e. The smallest absolute Gasteiger partial charge is 0.337 e. The number of aldehydes is 1. The molecule has 0 amide bonds. The van der Waals surface area contributed by atoms with Crippen molar-refractivity contribution in [3.05, 3.63) is 47.7 Å². The Morgan fingerprint density at radius 2 is 2.18 bits per heavy atom. The van der Waals surface area contributed by atoms with E-state index in [1.165, 1.54) is 13.4 Å². The molecule has 17 heavy (non-hydrogen) atoms. The first kappa shape index (κ1) is 11.1. The molecule has 4 nitrogen and oxygen atoms in total. The predicted octanol–water partition coefficient (Wildman–Crippen LogP) is 2.55. The summed E-state index contributed by atoms with van der Waals surface area (Å²) in [5, 5.41) is 0. The Morgan fingerprint density at radius 3 is 2.88 bits per heavy atom. The summed E-state index contributed by atoms with van der Waals surface area (Å²) in [5.41, 5.74) is 1.53. The molecule has 0 aliphatic carbocycles. The average Bonchev–Trinajstić information content (AvgIpc) is 2.86. The third-order valence-corrected chi connectivity index (χ3v) is 2.37. The molecule has 0 fully saturated rings. The molecule has 1 aromatic heterocycles. The second-order valence-electron chi connectivity index (χ2n) is 3.40. The number of carbonyl (C=O) groups excluding carboxylic acids is 2. The monoisotopic (exact) mass is 230 g/mol. The number of rotatable bonds is 3. The summed E-state index contributed by atoms with van der Waals surface area (Å²) >= 11 is 0. The molecule has 0 atom stereocenters. The highest BCUT2D eigenvalue weighted by molar-refractivity contribution is 5.92. The number of esters is 1. The van der Waals surface area contributed by atoms with E-state index >= 15 is 0 Å². The van der Waals surface area contributed by atoms with E-state index in [-0.39, 0.29) is 0 Å². The Morgan fingerprint density at radius 1 is 1.35 bits per heavy atom. The number of ether oxygens (including phenoxy) is 1. The van der Waals surface area contributed by atoms with Crippen LogP contribution in [0.2, 0.25) is 0 Å². The van der Waals surface area contributed by atoms with Crippen LogP contribution in [0.4, 0.5) is 0 Å². The number of hydrogen-bond donors (Lipinski definition) is 0. The molecule has 0 aliphatic rings. The number of methoxy groups -OCH3 is 1. The minimum atomic E-state index is -0.425. The molecule has 4 heteroatoms. The van der Waals surface area contributed by atoms with Gasteiger partial charge in [0.25, 0.3) is 0 Å². The predicted molar refractivity (Wildman–Crippen MR) is 60.9 cm³/mol. The number of carbonyl (C=O) groups is 2. The molecule has 1 aromatic carbocycles. The zero-order valence-corrected chi connectivity index (χ0v) is 9.17. The van der Waals surface area contributed by atoms with Crippen molar-refractivity contribution in [3.63, 3.8) is 0 Å². The average molecular weight is 230 g/mol. The maximum atomic E-state index is 11.4. The van der Waals surface area contributed by atoms with Crippen LogP contribution in [0.1, 0.15) is 20.7 Å². The van der Waals surface area contributed by atoms with Crippen LogP contribution in [-0.4, -0.2) is 19.4 Å². The Bertz CT molecular complexity index is 554. The minimum absolute atomic E-state index is 0.415. The van der Waals surface area contributed by atoms with Gasteiger partial charge in [-0.3, -0.25) is 4.79 Å². The van der Waals surface area contributed by atoms with Gasteiger partial charge in [0.15, 0.2) is 6.29 Å². The second kappa shape index (κ2) is 4.65. The van der Waals surface area contributed by atoms with Gasteiger partial charge in [0.2, 0.25) is 0 Å². The van der Waals surface area contributed by atoms with Gasteiger partial charge in [-0.2, -0.15) is 0 Å². The summed E-state index contributed by atoms with van der Waals surface area (Å²) in [4.78, 5) is 22.2. The molecule has 0 saturated heterocycles. The van der Waals surface area contributed by atoms with E-state index in [4.69, 9.17) is 4.42 Å². The van der Waals surface area contributed by atoms with E-state index in [0.717, 1.165) is 0 Å². The summed E-state index contributed by atoms with van der Waals surface area (Å²) in [7, 11) is 1.32. The second-order valence-corrected chi connectivity index (χ2v) is 3.40. The summed E-state index contributed by atoms with van der Waals surface area (Å²) in [6.45, 7) is 0. The molecule has 0 N–H and O–H groups in total. The van der Waals surface area contributed by atoms with Gasteiger partial charge in [-0.05, 0) is 18.2 Å². The number of furan rings is 1. The van der Waals surface area contributed by atoms with Gasteiger partial charge in [-0.25, -0.2) is 4.79 Å². The van der Waals surface area contributed by atoms with E-state index in [2.05, 4.69) is 4.74 Å². The van der Waals surface area contributed by atoms with Gasteiger partial charge in [-0.15, -0.1) is 0 Å². The quantitative estimate of drug-likeness (QED) is 0.600. The van der Waals surface area contributed by atoms with Crippen molar-refractivity contribution < 1.29 is 18.7 Å². The molecule has 0 bridgehead atoms. The van der Waals surface area contributed by atoms with E-state index in [1.54, 1.807) is 30.3 Å². The Kier molecular flexibility index (Phi) is 3.05. The van der Waals surface area contributed by atoms with Crippen LogP contribution in [0.5, 0.6) is 0 Å². The van der Waals surface area contributed by atoms with Gasteiger partial charge in [0.05, 0.1) is 24.5 Å². The van der Waals surface area contributed by atoms with Gasteiger partial charge >= 0.3 is 5.97 Å². The summed E-state index contributed by atoms with van der Waals surface area (Å²) in [6, 6.07) is 8.31. The summed E-state index contributed by atoms with van der Waals surface area (Å²) in [5.74, 6) is 0.0248. The van der Waals surface area contributed by atoms with Crippen LogP contribution in [-0.2, 0) is 4.74 Å². The van der Waals surface area contributed by atoms with Gasteiger partial charge in [0, 0.05) is 5.56 Å². The molecule has 2 aromatic rings. The fourth-order valence-electron chi connectivity index (χ4n) is 1.55. The molecule has 86 valence electrons. The van der Waals surface area contributed by atoms with Crippen LogP contribution < -0.4 is 0 Å². The molecule has 2 rings (SSSR count). The highest BCUT2D eigenvalue weighted by Crippen LogP contribution is 2.24. The summed E-state index contributed by atoms with van der Waals surface area (Å²) in [6.07, 6.45) is 2.15. The third-order valence-electron chi connectivity index (χ3n) is 2.37. The van der Waals surface area contributed by atoms with Crippen molar-refractivity contribution in [1.29, 1.82) is 0 Å². The fraction of sp³-hybridized carbons (Fsp3) is 0.0769. The first-order valence-electron chi connectivity index (χ1n) is 4.97. The Labute approximate surface area is 97.8 Å². The van der Waals surface area contributed by atoms with Crippen LogP contribution in [0.25, 0.3) is 11.3 Å². The molecule has 0 aliphatic heterocycles. The topological polar surface area (TPSA) is 56.5 Å². The molecule has 0 unspecified atom stereocenters. The van der Waals surface area contributed by atoms with E-state index < -0.39 is 5.97 Å². The van der Waals surface area contributed by atoms with Gasteiger partial charge in [-0.1, -0.05) is 12.1 Å². The molecule has 1 heterocycles. The molecular formula is C13H10O4. The van der Waals surface area contributed by atoms with Crippen molar-refractivity contribution in [2.45, 2.75) is 0 Å².